The summed E-state index contributed by atoms with van der Waals surface area (Å²) in [6.45, 7) is 6.55. The summed E-state index contributed by atoms with van der Waals surface area (Å²) in [5.41, 5.74) is 0.849. The molecule has 1 aliphatic heterocycles. The predicted molar refractivity (Wildman–Crippen MR) is 169 cm³/mol. The van der Waals surface area contributed by atoms with E-state index < -0.39 is 13.5 Å². The lowest BCUT2D eigenvalue weighted by Gasteiger charge is -2.31. The Morgan fingerprint density at radius 3 is 2.13 bits per heavy atom. The molecule has 0 saturated carbocycles. The monoisotopic (exact) mass is 551 g/mol. The Hall–Kier alpha value is -3.12. The van der Waals surface area contributed by atoms with E-state index in [0.29, 0.717) is 14.7 Å². The highest BCUT2D eigenvalue weighted by Crippen LogP contribution is 2.46. The summed E-state index contributed by atoms with van der Waals surface area (Å²) in [5, 5.41) is 8.31. The summed E-state index contributed by atoms with van der Waals surface area (Å²) < 4.78 is 5.97. The van der Waals surface area contributed by atoms with Crippen LogP contribution < -0.4 is 10.6 Å². The van der Waals surface area contributed by atoms with Crippen molar-refractivity contribution in [2.24, 2.45) is 0 Å². The van der Waals surface area contributed by atoms with Gasteiger partial charge in [0.05, 0.1) is 0 Å². The van der Waals surface area contributed by atoms with E-state index in [1.54, 1.807) is 0 Å². The Morgan fingerprint density at radius 1 is 0.846 bits per heavy atom. The van der Waals surface area contributed by atoms with E-state index in [2.05, 4.69) is 103 Å². The normalized spacial score (nSPS) is 18.0. The van der Waals surface area contributed by atoms with E-state index in [1.165, 1.54) is 37.2 Å². The summed E-state index contributed by atoms with van der Waals surface area (Å²) in [6, 6.07) is 37.3. The van der Waals surface area contributed by atoms with Crippen LogP contribution in [0, 0.1) is 0 Å². The molecule has 0 aliphatic carbocycles. The van der Waals surface area contributed by atoms with E-state index in [1.807, 2.05) is 25.7 Å². The van der Waals surface area contributed by atoms with Gasteiger partial charge in [0, 0.05) is 18.5 Å². The van der Waals surface area contributed by atoms with Crippen LogP contribution in [-0.2, 0) is 4.74 Å². The molecule has 5 heteroatoms. The molecular formula is C34H35NO2P2. The Kier molecular flexibility index (Phi) is 7.23. The second kappa shape index (κ2) is 10.8. The molecule has 1 aromatic heterocycles. The molecule has 1 amide bonds. The highest BCUT2D eigenvalue weighted by molar-refractivity contribution is 7.73. The maximum atomic E-state index is 13.6. The summed E-state index contributed by atoms with van der Waals surface area (Å²) in [6.07, 6.45) is 1.67. The first-order chi connectivity index (χ1) is 18.9. The van der Waals surface area contributed by atoms with Crippen molar-refractivity contribution in [3.63, 3.8) is 0 Å². The molecule has 4 aromatic carbocycles. The van der Waals surface area contributed by atoms with Crippen LogP contribution in [0.3, 0.4) is 0 Å². The van der Waals surface area contributed by atoms with Gasteiger partial charge in [0.2, 0.25) is 0 Å². The molecule has 0 spiro atoms. The molecule has 0 bridgehead atoms. The fourth-order valence-corrected chi connectivity index (χ4v) is 9.86. The van der Waals surface area contributed by atoms with E-state index in [-0.39, 0.29) is 18.1 Å². The Labute approximate surface area is 234 Å². The van der Waals surface area contributed by atoms with Gasteiger partial charge in [-0.05, 0) is 78.5 Å². The van der Waals surface area contributed by atoms with Crippen LogP contribution in [-0.4, -0.2) is 35.3 Å². The highest BCUT2D eigenvalue weighted by atomic mass is 31.1. The first-order valence-electron chi connectivity index (χ1n) is 13.7. The van der Waals surface area contributed by atoms with Crippen molar-refractivity contribution in [2.75, 3.05) is 12.7 Å². The van der Waals surface area contributed by atoms with Gasteiger partial charge in [-0.15, -0.1) is 8.19 Å². The largest absolute Gasteiger partial charge is 0.444 e. The lowest BCUT2D eigenvalue weighted by atomic mass is 9.92. The predicted octanol–water partition coefficient (Wildman–Crippen LogP) is 8.25. The third-order valence-electron chi connectivity index (χ3n) is 7.57. The smallest absolute Gasteiger partial charge is 0.410 e. The van der Waals surface area contributed by atoms with Gasteiger partial charge in [0.25, 0.3) is 0 Å². The van der Waals surface area contributed by atoms with Gasteiger partial charge < -0.3 is 9.64 Å². The van der Waals surface area contributed by atoms with Crippen molar-refractivity contribution < 1.29 is 9.53 Å². The third kappa shape index (κ3) is 5.49. The summed E-state index contributed by atoms with van der Waals surface area (Å²) in [7, 11) is 0.0652. The van der Waals surface area contributed by atoms with Crippen molar-refractivity contribution in [2.45, 2.75) is 44.8 Å². The highest BCUT2D eigenvalue weighted by Gasteiger charge is 2.40. The van der Waals surface area contributed by atoms with Gasteiger partial charge in [0.1, 0.15) is 5.60 Å². The van der Waals surface area contributed by atoms with Crippen molar-refractivity contribution in [1.82, 2.24) is 4.90 Å². The average Bonchev–Trinajstić information content (AvgIpc) is 3.53. The Balaban J connectivity index is 1.39. The summed E-state index contributed by atoms with van der Waals surface area (Å²) in [5.74, 6) is 0.275. The standard InChI is InChI=1S/C34H35NO2P2/c1-34(2,3)37-33(36)35-22-24(28-18-12-20-31-32(28)29-17-10-11-19-30(29)38-31)21-25(35)23-39(26-13-6-4-7-14-26)27-15-8-5-9-16-27/h4-20,24-25,38H,21-23H2,1-3H3. The number of ether oxygens (including phenoxy) is 1. The molecule has 3 atom stereocenters. The molecule has 1 saturated heterocycles. The third-order valence-corrected chi connectivity index (χ3v) is 11.6. The lowest BCUT2D eigenvalue weighted by Crippen LogP contribution is -2.42. The molecule has 3 nitrogen and oxygen atoms in total. The van der Waals surface area contributed by atoms with Gasteiger partial charge >= 0.3 is 6.09 Å². The van der Waals surface area contributed by atoms with Crippen LogP contribution in [0.15, 0.2) is 103 Å². The summed E-state index contributed by atoms with van der Waals surface area (Å²) in [4.78, 5) is 15.7. The van der Waals surface area contributed by atoms with E-state index >= 15 is 0 Å². The van der Waals surface area contributed by atoms with Crippen molar-refractivity contribution >= 4 is 53.8 Å². The van der Waals surface area contributed by atoms with Crippen molar-refractivity contribution in [3.8, 4) is 0 Å². The number of carbonyl (C=O) groups is 1. The minimum Gasteiger partial charge on any atom is -0.444 e. The fraction of sp³-hybridized carbons (Fsp3) is 0.265. The number of hydrogen-bond acceptors (Lipinski definition) is 2. The zero-order valence-electron chi connectivity index (χ0n) is 22.8. The fourth-order valence-electron chi connectivity index (χ4n) is 5.92. The topological polar surface area (TPSA) is 29.5 Å². The van der Waals surface area contributed by atoms with Gasteiger partial charge in [-0.3, -0.25) is 0 Å². The minimum atomic E-state index is -0.630. The lowest BCUT2D eigenvalue weighted by molar-refractivity contribution is 0.0239. The number of nitrogens with zero attached hydrogens (tertiary/aromatic N) is 1. The molecule has 2 heterocycles. The first kappa shape index (κ1) is 26.1. The summed E-state index contributed by atoms with van der Waals surface area (Å²) >= 11 is 0. The molecule has 1 aliphatic rings. The van der Waals surface area contributed by atoms with Crippen LogP contribution in [0.4, 0.5) is 4.79 Å². The second-order valence-corrected chi connectivity index (χ2v) is 15.0. The number of hydrogen-bond donors (Lipinski definition) is 0. The van der Waals surface area contributed by atoms with Crippen molar-refractivity contribution in [3.05, 3.63) is 109 Å². The SMILES string of the molecule is CC(C)(C)OC(=O)N1CC(c2cccc3[pH]c4ccccc4c23)CC1CP(c1ccccc1)c1ccccc1. The van der Waals surface area contributed by atoms with E-state index in [9.17, 15) is 4.79 Å². The van der Waals surface area contributed by atoms with Gasteiger partial charge in [0.15, 0.2) is 0 Å². The average molecular weight is 552 g/mol. The number of rotatable bonds is 5. The number of carbonyl (C=O) groups excluding carboxylic acids is 1. The Bertz CT molecular complexity index is 1550. The Morgan fingerprint density at radius 2 is 1.46 bits per heavy atom. The zero-order chi connectivity index (χ0) is 27.0. The van der Waals surface area contributed by atoms with Crippen LogP contribution in [0.25, 0.3) is 21.0 Å². The molecule has 1 fully saturated rings. The van der Waals surface area contributed by atoms with Crippen LogP contribution in [0.2, 0.25) is 0 Å². The number of likely N-dealkylation sites (tertiary alicyclic amines) is 1. The zero-order valence-corrected chi connectivity index (χ0v) is 24.7. The maximum absolute atomic E-state index is 13.6. The quantitative estimate of drug-likeness (QED) is 0.206. The van der Waals surface area contributed by atoms with Crippen LogP contribution >= 0.6 is 16.1 Å². The number of fused-ring (bicyclic) bond motifs is 3. The molecule has 0 N–H and O–H groups in total. The first-order valence-corrected chi connectivity index (χ1v) is 16.3. The van der Waals surface area contributed by atoms with E-state index in [4.69, 9.17) is 4.74 Å². The molecule has 5 aromatic rings. The molecule has 6 rings (SSSR count). The molecular weight excluding hydrogens is 516 g/mol. The second-order valence-electron chi connectivity index (χ2n) is 11.4. The maximum Gasteiger partial charge on any atom is 0.410 e. The van der Waals surface area contributed by atoms with E-state index in [0.717, 1.165) is 12.6 Å². The van der Waals surface area contributed by atoms with Gasteiger partial charge in [-0.2, -0.15) is 0 Å². The molecule has 3 unspecified atom stereocenters. The minimum absolute atomic E-state index is 0.103. The van der Waals surface area contributed by atoms with Gasteiger partial charge in [-0.1, -0.05) is 103 Å². The number of amides is 1. The van der Waals surface area contributed by atoms with Crippen molar-refractivity contribution in [1.29, 1.82) is 0 Å². The number of benzene rings is 4. The van der Waals surface area contributed by atoms with Crippen LogP contribution in [0.5, 0.6) is 0 Å². The molecule has 0 radical (unpaired) electrons. The van der Waals surface area contributed by atoms with Gasteiger partial charge in [-0.25, -0.2) is 4.79 Å². The van der Waals surface area contributed by atoms with Crippen LogP contribution in [0.1, 0.15) is 38.7 Å². The molecule has 39 heavy (non-hydrogen) atoms. The molecule has 198 valence electrons.